The number of hydrogen-bond donors (Lipinski definition) is 2. The number of carbonyl (C=O) groups excluding carboxylic acids is 1. The van der Waals surface area contributed by atoms with E-state index in [4.69, 9.17) is 16.7 Å². The lowest BCUT2D eigenvalue weighted by Crippen LogP contribution is -2.17. The molecule has 0 radical (unpaired) electrons. The Kier molecular flexibility index (Phi) is 6.18. The van der Waals surface area contributed by atoms with Gasteiger partial charge in [-0.2, -0.15) is 11.8 Å². The number of carbonyl (C=O) groups is 2. The summed E-state index contributed by atoms with van der Waals surface area (Å²) in [5, 5.41) is 12.1. The van der Waals surface area contributed by atoms with Crippen molar-refractivity contribution in [3.63, 3.8) is 0 Å². The van der Waals surface area contributed by atoms with Gasteiger partial charge in [-0.3, -0.25) is 9.59 Å². The molecule has 0 aliphatic heterocycles. The van der Waals surface area contributed by atoms with Crippen LogP contribution in [0.4, 0.5) is 5.69 Å². The highest BCUT2D eigenvalue weighted by atomic mass is 35.5. The van der Waals surface area contributed by atoms with Gasteiger partial charge in [0.25, 0.3) is 0 Å². The molecular weight excluding hydrogens is 286 g/mol. The first-order valence-electron chi connectivity index (χ1n) is 5.77. The standard InChI is InChI=1S/C13H16ClNO3S/c1-8(13(17)18)6-19-7-12(16)15-11-5-3-4-10(14)9(11)2/h3-5,8H,6-7H2,1-2H3,(H,15,16)(H,17,18). The van der Waals surface area contributed by atoms with Crippen LogP contribution in [-0.2, 0) is 9.59 Å². The van der Waals surface area contributed by atoms with Gasteiger partial charge in [-0.05, 0) is 24.6 Å². The summed E-state index contributed by atoms with van der Waals surface area (Å²) in [4.78, 5) is 22.3. The zero-order valence-electron chi connectivity index (χ0n) is 10.8. The maximum Gasteiger partial charge on any atom is 0.307 e. The smallest absolute Gasteiger partial charge is 0.307 e. The van der Waals surface area contributed by atoms with E-state index in [1.54, 1.807) is 25.1 Å². The first-order valence-corrected chi connectivity index (χ1v) is 7.30. The number of nitrogens with one attached hydrogen (secondary N) is 1. The summed E-state index contributed by atoms with van der Waals surface area (Å²) in [6, 6.07) is 5.31. The third-order valence-corrected chi connectivity index (χ3v) is 4.18. The summed E-state index contributed by atoms with van der Waals surface area (Å²) in [7, 11) is 0. The first-order chi connectivity index (χ1) is 8.91. The van der Waals surface area contributed by atoms with E-state index in [-0.39, 0.29) is 11.7 Å². The highest BCUT2D eigenvalue weighted by Gasteiger charge is 2.12. The second-order valence-electron chi connectivity index (χ2n) is 4.21. The topological polar surface area (TPSA) is 66.4 Å². The lowest BCUT2D eigenvalue weighted by atomic mass is 10.2. The molecule has 104 valence electrons. The summed E-state index contributed by atoms with van der Waals surface area (Å²) >= 11 is 7.26. The van der Waals surface area contributed by atoms with E-state index < -0.39 is 11.9 Å². The van der Waals surface area contributed by atoms with Crippen LogP contribution in [0.3, 0.4) is 0 Å². The van der Waals surface area contributed by atoms with Crippen molar-refractivity contribution in [2.75, 3.05) is 16.8 Å². The maximum absolute atomic E-state index is 11.7. The van der Waals surface area contributed by atoms with Crippen LogP contribution >= 0.6 is 23.4 Å². The molecule has 0 bridgehead atoms. The van der Waals surface area contributed by atoms with Crippen LogP contribution in [0.5, 0.6) is 0 Å². The second kappa shape index (κ2) is 7.40. The molecule has 1 aromatic rings. The fraction of sp³-hybridized carbons (Fsp3) is 0.385. The molecule has 2 N–H and O–H groups in total. The SMILES string of the molecule is Cc1c(Cl)cccc1NC(=O)CSCC(C)C(=O)O. The van der Waals surface area contributed by atoms with E-state index in [9.17, 15) is 9.59 Å². The molecule has 0 saturated carbocycles. The molecule has 0 fully saturated rings. The molecule has 0 saturated heterocycles. The van der Waals surface area contributed by atoms with Crippen molar-refractivity contribution < 1.29 is 14.7 Å². The molecule has 1 atom stereocenters. The van der Waals surface area contributed by atoms with Gasteiger partial charge in [-0.15, -0.1) is 0 Å². The molecule has 1 amide bonds. The Hall–Kier alpha value is -1.20. The molecule has 0 aliphatic carbocycles. The van der Waals surface area contributed by atoms with Gasteiger partial charge in [0.05, 0.1) is 11.7 Å². The normalized spacial score (nSPS) is 11.9. The summed E-state index contributed by atoms with van der Waals surface area (Å²) in [5.74, 6) is -0.821. The minimum atomic E-state index is -0.849. The number of rotatable bonds is 6. The molecule has 0 aliphatic rings. The van der Waals surface area contributed by atoms with Crippen molar-refractivity contribution in [1.82, 2.24) is 0 Å². The van der Waals surface area contributed by atoms with Gasteiger partial charge in [0.15, 0.2) is 0 Å². The van der Waals surface area contributed by atoms with E-state index in [1.807, 2.05) is 6.92 Å². The molecule has 1 rings (SSSR count). The van der Waals surface area contributed by atoms with Crippen LogP contribution in [0.1, 0.15) is 12.5 Å². The fourth-order valence-corrected chi connectivity index (χ4v) is 2.37. The van der Waals surface area contributed by atoms with Crippen molar-refractivity contribution in [3.05, 3.63) is 28.8 Å². The maximum atomic E-state index is 11.7. The number of aliphatic carboxylic acids is 1. The second-order valence-corrected chi connectivity index (χ2v) is 5.65. The molecular formula is C13H16ClNO3S. The van der Waals surface area contributed by atoms with Gasteiger partial charge in [0.2, 0.25) is 5.91 Å². The molecule has 19 heavy (non-hydrogen) atoms. The van der Waals surface area contributed by atoms with E-state index in [1.165, 1.54) is 11.8 Å². The molecule has 0 heterocycles. The van der Waals surface area contributed by atoms with Crippen LogP contribution < -0.4 is 5.32 Å². The molecule has 1 unspecified atom stereocenters. The third kappa shape index (κ3) is 5.12. The van der Waals surface area contributed by atoms with E-state index in [0.717, 1.165) is 5.56 Å². The average molecular weight is 302 g/mol. The lowest BCUT2D eigenvalue weighted by Gasteiger charge is -2.10. The minimum absolute atomic E-state index is 0.159. The lowest BCUT2D eigenvalue weighted by molar-refractivity contribution is -0.140. The Morgan fingerprint density at radius 2 is 2.16 bits per heavy atom. The van der Waals surface area contributed by atoms with Crippen molar-refractivity contribution in [2.45, 2.75) is 13.8 Å². The number of benzene rings is 1. The molecule has 4 nitrogen and oxygen atoms in total. The highest BCUT2D eigenvalue weighted by Crippen LogP contribution is 2.23. The van der Waals surface area contributed by atoms with Crippen LogP contribution in [-0.4, -0.2) is 28.5 Å². The molecule has 1 aromatic carbocycles. The predicted molar refractivity (Wildman–Crippen MR) is 78.9 cm³/mol. The van der Waals surface area contributed by atoms with E-state index in [2.05, 4.69) is 5.32 Å². The highest BCUT2D eigenvalue weighted by molar-refractivity contribution is 8.00. The van der Waals surface area contributed by atoms with Gasteiger partial charge in [-0.1, -0.05) is 24.6 Å². The van der Waals surface area contributed by atoms with Crippen molar-refractivity contribution in [1.29, 1.82) is 0 Å². The molecule has 6 heteroatoms. The first kappa shape index (κ1) is 15.9. The Morgan fingerprint density at radius 3 is 2.79 bits per heavy atom. The van der Waals surface area contributed by atoms with E-state index >= 15 is 0 Å². The minimum Gasteiger partial charge on any atom is -0.481 e. The van der Waals surface area contributed by atoms with Crippen LogP contribution in [0.15, 0.2) is 18.2 Å². The van der Waals surface area contributed by atoms with E-state index in [0.29, 0.717) is 16.5 Å². The van der Waals surface area contributed by atoms with Gasteiger partial charge < -0.3 is 10.4 Å². The Bertz CT molecular complexity index is 479. The number of hydrogen-bond acceptors (Lipinski definition) is 3. The van der Waals surface area contributed by atoms with Crippen molar-refractivity contribution >= 4 is 40.9 Å². The monoisotopic (exact) mass is 301 g/mol. The summed E-state index contributed by atoms with van der Waals surface area (Å²) in [6.07, 6.45) is 0. The third-order valence-electron chi connectivity index (χ3n) is 2.56. The molecule has 0 aromatic heterocycles. The summed E-state index contributed by atoms with van der Waals surface area (Å²) in [6.45, 7) is 3.45. The summed E-state index contributed by atoms with van der Waals surface area (Å²) < 4.78 is 0. The number of anilines is 1. The van der Waals surface area contributed by atoms with Crippen molar-refractivity contribution in [3.8, 4) is 0 Å². The van der Waals surface area contributed by atoms with Crippen LogP contribution in [0.25, 0.3) is 0 Å². The Balaban J connectivity index is 2.43. The van der Waals surface area contributed by atoms with Gasteiger partial charge >= 0.3 is 5.97 Å². The number of halogens is 1. The van der Waals surface area contributed by atoms with Crippen LogP contribution in [0, 0.1) is 12.8 Å². The number of thioether (sulfide) groups is 1. The quantitative estimate of drug-likeness (QED) is 0.847. The zero-order chi connectivity index (χ0) is 14.4. The predicted octanol–water partition coefficient (Wildman–Crippen LogP) is 3.04. The van der Waals surface area contributed by atoms with Gasteiger partial charge in [0.1, 0.15) is 0 Å². The number of carboxylic acids is 1. The Morgan fingerprint density at radius 1 is 1.47 bits per heavy atom. The largest absolute Gasteiger partial charge is 0.481 e. The number of carboxylic acid groups (broad SMARTS) is 1. The average Bonchev–Trinajstić information content (AvgIpc) is 2.34. The fourth-order valence-electron chi connectivity index (χ4n) is 1.33. The van der Waals surface area contributed by atoms with Gasteiger partial charge in [0, 0.05) is 16.5 Å². The molecule has 0 spiro atoms. The zero-order valence-corrected chi connectivity index (χ0v) is 12.3. The van der Waals surface area contributed by atoms with Crippen LogP contribution in [0.2, 0.25) is 5.02 Å². The Labute approximate surface area is 121 Å². The van der Waals surface area contributed by atoms with Crippen molar-refractivity contribution in [2.24, 2.45) is 5.92 Å². The van der Waals surface area contributed by atoms with Gasteiger partial charge in [-0.25, -0.2) is 0 Å². The number of amides is 1. The summed E-state index contributed by atoms with van der Waals surface area (Å²) in [5.41, 5.74) is 1.51.